The van der Waals surface area contributed by atoms with Gasteiger partial charge in [0.1, 0.15) is 5.76 Å². The summed E-state index contributed by atoms with van der Waals surface area (Å²) < 4.78 is 5.33. The maximum atomic E-state index is 5.33. The van der Waals surface area contributed by atoms with Crippen molar-refractivity contribution in [3.63, 3.8) is 0 Å². The molecule has 0 unspecified atom stereocenters. The van der Waals surface area contributed by atoms with Crippen LogP contribution in [0.15, 0.2) is 64.4 Å². The minimum atomic E-state index is 0. The van der Waals surface area contributed by atoms with Gasteiger partial charge in [0.25, 0.3) is 0 Å². The van der Waals surface area contributed by atoms with Crippen molar-refractivity contribution in [2.24, 2.45) is 4.99 Å². The summed E-state index contributed by atoms with van der Waals surface area (Å²) in [6.07, 6.45) is 5.18. The number of guanidine groups is 1. The van der Waals surface area contributed by atoms with Crippen LogP contribution in [-0.4, -0.2) is 30.6 Å². The molecule has 0 aliphatic rings. The van der Waals surface area contributed by atoms with Gasteiger partial charge in [-0.15, -0.1) is 24.0 Å². The molecule has 24 heavy (non-hydrogen) atoms. The Hall–Kier alpha value is -1.83. The molecule has 0 spiro atoms. The largest absolute Gasteiger partial charge is 0.469 e. The van der Waals surface area contributed by atoms with E-state index in [4.69, 9.17) is 4.42 Å². The number of halogens is 1. The van der Waals surface area contributed by atoms with Gasteiger partial charge < -0.3 is 15.1 Å². The monoisotopic (exact) mass is 440 g/mol. The van der Waals surface area contributed by atoms with Gasteiger partial charge in [-0.05, 0) is 31.2 Å². The minimum absolute atomic E-state index is 0. The van der Waals surface area contributed by atoms with Crippen molar-refractivity contribution in [3.05, 3.63) is 66.4 Å². The predicted molar refractivity (Wildman–Crippen MR) is 109 cm³/mol. The number of furan rings is 1. The molecule has 0 atom stereocenters. The highest BCUT2D eigenvalue weighted by Gasteiger charge is 2.01. The predicted octanol–water partition coefficient (Wildman–Crippen LogP) is 3.19. The van der Waals surface area contributed by atoms with Crippen LogP contribution in [0.4, 0.5) is 0 Å². The first-order valence-corrected chi connectivity index (χ1v) is 7.83. The lowest BCUT2D eigenvalue weighted by atomic mass is 10.3. The Balaban J connectivity index is 0.00000288. The van der Waals surface area contributed by atoms with Crippen molar-refractivity contribution in [1.82, 2.24) is 15.6 Å². The van der Waals surface area contributed by atoms with E-state index in [1.54, 1.807) is 6.26 Å². The van der Waals surface area contributed by atoms with Gasteiger partial charge in [-0.2, -0.15) is 0 Å². The molecule has 6 heteroatoms. The number of pyridine rings is 1. The van der Waals surface area contributed by atoms with Crippen molar-refractivity contribution in [2.75, 3.05) is 19.6 Å². The summed E-state index contributed by atoms with van der Waals surface area (Å²) in [5.74, 6) is 1.75. The first-order chi connectivity index (χ1) is 11.2. The highest BCUT2D eigenvalue weighted by Crippen LogP contribution is 1.99. The Kier molecular flexibility index (Phi) is 9.83. The van der Waals surface area contributed by atoms with E-state index in [-0.39, 0.29) is 24.0 Å². The fraction of sp³-hybridized carbons (Fsp3) is 0.333. The zero-order valence-electron chi connectivity index (χ0n) is 14.0. The van der Waals surface area contributed by atoms with E-state index in [2.05, 4.69) is 27.2 Å². The van der Waals surface area contributed by atoms with Crippen LogP contribution in [0, 0.1) is 0 Å². The minimum Gasteiger partial charge on any atom is -0.469 e. The summed E-state index contributed by atoms with van der Waals surface area (Å²) in [6.45, 7) is 8.01. The molecule has 0 aliphatic heterocycles. The Morgan fingerprint density at radius 1 is 1.17 bits per heavy atom. The number of nitrogens with one attached hydrogen (secondary N) is 2. The Morgan fingerprint density at radius 2 is 1.96 bits per heavy atom. The molecule has 0 bridgehead atoms. The summed E-state index contributed by atoms with van der Waals surface area (Å²) in [4.78, 5) is 8.84. The SMILES string of the molecule is C=C(C)CN=C(NCCc1ccccn1)NCCc1ccco1.I. The van der Waals surface area contributed by atoms with Gasteiger partial charge in [-0.1, -0.05) is 18.2 Å². The average Bonchev–Trinajstić information content (AvgIpc) is 3.06. The number of nitrogens with zero attached hydrogens (tertiary/aromatic N) is 2. The molecular formula is C18H25IN4O. The van der Waals surface area contributed by atoms with Gasteiger partial charge in [0, 0.05) is 37.8 Å². The van der Waals surface area contributed by atoms with E-state index in [1.807, 2.05) is 43.5 Å². The quantitative estimate of drug-likeness (QED) is 0.287. The van der Waals surface area contributed by atoms with Crippen LogP contribution < -0.4 is 10.6 Å². The zero-order chi connectivity index (χ0) is 16.3. The molecule has 0 aliphatic carbocycles. The van der Waals surface area contributed by atoms with E-state index in [1.165, 1.54) is 0 Å². The topological polar surface area (TPSA) is 62.5 Å². The molecule has 0 fully saturated rings. The van der Waals surface area contributed by atoms with Gasteiger partial charge in [0.05, 0.1) is 12.8 Å². The third-order valence-electron chi connectivity index (χ3n) is 3.15. The van der Waals surface area contributed by atoms with Crippen LogP contribution in [0.2, 0.25) is 0 Å². The normalized spacial score (nSPS) is 10.8. The second kappa shape index (κ2) is 11.7. The molecule has 0 amide bonds. The molecule has 2 rings (SSSR count). The van der Waals surface area contributed by atoms with Crippen molar-refractivity contribution in [1.29, 1.82) is 0 Å². The van der Waals surface area contributed by atoms with Crippen molar-refractivity contribution in [2.45, 2.75) is 19.8 Å². The van der Waals surface area contributed by atoms with Crippen LogP contribution in [-0.2, 0) is 12.8 Å². The zero-order valence-corrected chi connectivity index (χ0v) is 16.3. The lowest BCUT2D eigenvalue weighted by Crippen LogP contribution is -2.39. The van der Waals surface area contributed by atoms with E-state index >= 15 is 0 Å². The average molecular weight is 440 g/mol. The second-order valence-electron chi connectivity index (χ2n) is 5.38. The van der Waals surface area contributed by atoms with Gasteiger partial charge in [0.2, 0.25) is 0 Å². The number of rotatable bonds is 8. The number of hydrogen-bond donors (Lipinski definition) is 2. The smallest absolute Gasteiger partial charge is 0.191 e. The molecule has 0 aromatic carbocycles. The van der Waals surface area contributed by atoms with Gasteiger partial charge in [-0.25, -0.2) is 4.99 Å². The summed E-state index contributed by atoms with van der Waals surface area (Å²) in [5.41, 5.74) is 2.09. The van der Waals surface area contributed by atoms with Gasteiger partial charge in [0.15, 0.2) is 5.96 Å². The fourth-order valence-corrected chi connectivity index (χ4v) is 2.00. The maximum absolute atomic E-state index is 5.33. The molecule has 5 nitrogen and oxygen atoms in total. The number of aromatic nitrogens is 1. The van der Waals surface area contributed by atoms with Crippen molar-refractivity contribution < 1.29 is 4.42 Å². The molecular weight excluding hydrogens is 415 g/mol. The van der Waals surface area contributed by atoms with E-state index in [9.17, 15) is 0 Å². The van der Waals surface area contributed by atoms with Gasteiger partial charge >= 0.3 is 0 Å². The first-order valence-electron chi connectivity index (χ1n) is 7.83. The van der Waals surface area contributed by atoms with Crippen molar-refractivity contribution >= 4 is 29.9 Å². The Morgan fingerprint density at radius 3 is 2.58 bits per heavy atom. The number of hydrogen-bond acceptors (Lipinski definition) is 3. The lowest BCUT2D eigenvalue weighted by molar-refractivity contribution is 0.507. The molecule has 0 saturated heterocycles. The van der Waals surface area contributed by atoms with Crippen LogP contribution in [0.25, 0.3) is 0 Å². The maximum Gasteiger partial charge on any atom is 0.191 e. The lowest BCUT2D eigenvalue weighted by Gasteiger charge is -2.12. The molecule has 130 valence electrons. The van der Waals surface area contributed by atoms with E-state index < -0.39 is 0 Å². The summed E-state index contributed by atoms with van der Waals surface area (Å²) in [6, 6.07) is 9.82. The van der Waals surface area contributed by atoms with E-state index in [0.717, 1.165) is 48.9 Å². The van der Waals surface area contributed by atoms with E-state index in [0.29, 0.717) is 6.54 Å². The Bertz CT molecular complexity index is 611. The standard InChI is InChI=1S/C18H24N4O.HI/c1-15(2)14-22-18(21-12-9-17-7-5-13-23-17)20-11-8-16-6-3-4-10-19-16;/h3-7,10,13H,1,8-9,11-12,14H2,2H3,(H2,20,21,22);1H. The summed E-state index contributed by atoms with van der Waals surface area (Å²) >= 11 is 0. The summed E-state index contributed by atoms with van der Waals surface area (Å²) in [7, 11) is 0. The van der Waals surface area contributed by atoms with Crippen LogP contribution in [0.1, 0.15) is 18.4 Å². The molecule has 2 aromatic rings. The van der Waals surface area contributed by atoms with Gasteiger partial charge in [-0.3, -0.25) is 4.98 Å². The third kappa shape index (κ3) is 8.14. The molecule has 2 N–H and O–H groups in total. The Labute approximate surface area is 160 Å². The molecule has 2 aromatic heterocycles. The van der Waals surface area contributed by atoms with Crippen LogP contribution in [0.3, 0.4) is 0 Å². The third-order valence-corrected chi connectivity index (χ3v) is 3.15. The van der Waals surface area contributed by atoms with Crippen LogP contribution >= 0.6 is 24.0 Å². The second-order valence-corrected chi connectivity index (χ2v) is 5.38. The molecule has 0 radical (unpaired) electrons. The molecule has 0 saturated carbocycles. The van der Waals surface area contributed by atoms with Crippen LogP contribution in [0.5, 0.6) is 0 Å². The highest BCUT2D eigenvalue weighted by molar-refractivity contribution is 14.0. The highest BCUT2D eigenvalue weighted by atomic mass is 127. The summed E-state index contributed by atoms with van der Waals surface area (Å²) in [5, 5.41) is 6.65. The first kappa shape index (κ1) is 20.2. The fourth-order valence-electron chi connectivity index (χ4n) is 2.00. The van der Waals surface area contributed by atoms with Crippen molar-refractivity contribution in [3.8, 4) is 0 Å². The number of aliphatic imine (C=N–C) groups is 1. The molecule has 2 heterocycles.